The molecular weight excluding hydrogens is 473 g/mol. The van der Waals surface area contributed by atoms with E-state index in [1.807, 2.05) is 4.90 Å². The SMILES string of the molecule is COc1ccc([C@@H]2C[C@H](C(F)(F)F)n3nc(C(=O)N4CC[C@@H](C)[C@@H]5CCCC[C@@H]54)cc3N2)cc1OC. The van der Waals surface area contributed by atoms with E-state index < -0.39 is 18.3 Å². The molecule has 5 atom stereocenters. The van der Waals surface area contributed by atoms with Crippen molar-refractivity contribution in [3.05, 3.63) is 35.5 Å². The molecule has 36 heavy (non-hydrogen) atoms. The lowest BCUT2D eigenvalue weighted by Gasteiger charge is -2.47. The van der Waals surface area contributed by atoms with Crippen molar-refractivity contribution in [1.29, 1.82) is 0 Å². The normalized spacial score (nSPS) is 28.1. The number of hydrogen-bond donors (Lipinski definition) is 1. The second kappa shape index (κ2) is 9.52. The van der Waals surface area contributed by atoms with Gasteiger partial charge in [0, 0.05) is 25.1 Å². The van der Waals surface area contributed by atoms with Gasteiger partial charge < -0.3 is 19.7 Å². The number of halogens is 3. The number of likely N-dealkylation sites (tertiary alicyclic amines) is 1. The predicted octanol–water partition coefficient (Wildman–Crippen LogP) is 5.60. The average molecular weight is 507 g/mol. The summed E-state index contributed by atoms with van der Waals surface area (Å²) < 4.78 is 54.1. The molecule has 2 aliphatic heterocycles. The van der Waals surface area contributed by atoms with Gasteiger partial charge in [-0.25, -0.2) is 4.68 Å². The van der Waals surface area contributed by atoms with Crippen molar-refractivity contribution in [1.82, 2.24) is 14.7 Å². The highest BCUT2D eigenvalue weighted by atomic mass is 19.4. The van der Waals surface area contributed by atoms with Crippen molar-refractivity contribution in [2.45, 2.75) is 69.8 Å². The highest BCUT2D eigenvalue weighted by Crippen LogP contribution is 2.45. The molecule has 3 aliphatic rings. The number of hydrogen-bond acceptors (Lipinski definition) is 5. The molecule has 2 aromatic rings. The quantitative estimate of drug-likeness (QED) is 0.585. The minimum atomic E-state index is -4.52. The molecule has 0 bridgehead atoms. The van der Waals surface area contributed by atoms with Crippen LogP contribution in [-0.4, -0.2) is 53.6 Å². The number of nitrogens with zero attached hydrogens (tertiary/aromatic N) is 3. The highest BCUT2D eigenvalue weighted by Gasteiger charge is 2.47. The second-order valence-corrected chi connectivity index (χ2v) is 10.2. The molecule has 7 nitrogen and oxygen atoms in total. The molecule has 1 saturated heterocycles. The van der Waals surface area contributed by atoms with Gasteiger partial charge in [0.2, 0.25) is 0 Å². The Kier molecular flexibility index (Phi) is 6.55. The molecule has 196 valence electrons. The van der Waals surface area contributed by atoms with Crippen LogP contribution < -0.4 is 14.8 Å². The second-order valence-electron chi connectivity index (χ2n) is 10.2. The number of carbonyl (C=O) groups excluding carboxylic acids is 1. The zero-order chi connectivity index (χ0) is 25.6. The number of fused-ring (bicyclic) bond motifs is 2. The summed E-state index contributed by atoms with van der Waals surface area (Å²) in [7, 11) is 2.99. The monoisotopic (exact) mass is 506 g/mol. The van der Waals surface area contributed by atoms with Gasteiger partial charge in [0.1, 0.15) is 5.82 Å². The van der Waals surface area contributed by atoms with Gasteiger partial charge in [-0.2, -0.15) is 18.3 Å². The van der Waals surface area contributed by atoms with Crippen LogP contribution in [0.1, 0.15) is 73.6 Å². The van der Waals surface area contributed by atoms with Gasteiger partial charge in [-0.1, -0.05) is 25.8 Å². The summed E-state index contributed by atoms with van der Waals surface area (Å²) >= 11 is 0. The van der Waals surface area contributed by atoms with Gasteiger partial charge in [0.25, 0.3) is 5.91 Å². The number of piperidine rings is 1. The number of anilines is 1. The van der Waals surface area contributed by atoms with Crippen molar-refractivity contribution >= 4 is 11.7 Å². The Labute approximate surface area is 208 Å². The van der Waals surface area contributed by atoms with E-state index in [1.165, 1.54) is 26.7 Å². The Bertz CT molecular complexity index is 1120. The Morgan fingerprint density at radius 2 is 1.83 bits per heavy atom. The largest absolute Gasteiger partial charge is 0.493 e. The van der Waals surface area contributed by atoms with Gasteiger partial charge in [-0.15, -0.1) is 0 Å². The molecule has 1 aromatic carbocycles. The minimum absolute atomic E-state index is 0.0681. The zero-order valence-electron chi connectivity index (χ0n) is 20.8. The van der Waals surface area contributed by atoms with E-state index in [4.69, 9.17) is 9.47 Å². The third kappa shape index (κ3) is 4.39. The van der Waals surface area contributed by atoms with E-state index in [0.717, 1.165) is 30.4 Å². The third-order valence-electron chi connectivity index (χ3n) is 8.22. The van der Waals surface area contributed by atoms with Crippen LogP contribution in [0.3, 0.4) is 0 Å². The smallest absolute Gasteiger partial charge is 0.410 e. The standard InChI is InChI=1S/C26H33F3N4O3/c1-15-10-11-32(20-7-5-4-6-17(15)20)25(34)19-14-24-30-18(13-23(26(27,28)29)33(24)31-19)16-8-9-21(35-2)22(12-16)36-3/h8-9,12,14-15,17-18,20,23,30H,4-7,10-11,13H2,1-3H3/t15-,17+,18+,20+,23-/m1/s1. The van der Waals surface area contributed by atoms with E-state index in [-0.39, 0.29) is 29.9 Å². The van der Waals surface area contributed by atoms with Crippen LogP contribution in [0, 0.1) is 11.8 Å². The first-order chi connectivity index (χ1) is 17.2. The molecule has 1 N–H and O–H groups in total. The number of amides is 1. The first-order valence-electron chi connectivity index (χ1n) is 12.7. The summed E-state index contributed by atoms with van der Waals surface area (Å²) in [5.41, 5.74) is 0.705. The van der Waals surface area contributed by atoms with E-state index in [0.29, 0.717) is 35.4 Å². The van der Waals surface area contributed by atoms with Crippen LogP contribution in [0.15, 0.2) is 24.3 Å². The summed E-state index contributed by atoms with van der Waals surface area (Å²) in [6.07, 6.45) is 0.410. The fraction of sp³-hybridized carbons (Fsp3) is 0.615. The van der Waals surface area contributed by atoms with Gasteiger partial charge >= 0.3 is 6.18 Å². The van der Waals surface area contributed by atoms with Crippen LogP contribution in [-0.2, 0) is 0 Å². The van der Waals surface area contributed by atoms with Crippen LogP contribution in [0.25, 0.3) is 0 Å². The fourth-order valence-corrected chi connectivity index (χ4v) is 6.28. The minimum Gasteiger partial charge on any atom is -0.493 e. The third-order valence-corrected chi connectivity index (χ3v) is 8.22. The number of nitrogens with one attached hydrogen (secondary N) is 1. The van der Waals surface area contributed by atoms with Crippen LogP contribution in [0.4, 0.5) is 19.0 Å². The molecule has 1 amide bonds. The first-order valence-corrected chi connectivity index (χ1v) is 12.7. The van der Waals surface area contributed by atoms with Crippen molar-refractivity contribution in [3.63, 3.8) is 0 Å². The lowest BCUT2D eigenvalue weighted by molar-refractivity contribution is -0.173. The summed E-state index contributed by atoms with van der Waals surface area (Å²) in [6.45, 7) is 2.86. The van der Waals surface area contributed by atoms with Crippen molar-refractivity contribution in [2.24, 2.45) is 11.8 Å². The van der Waals surface area contributed by atoms with Gasteiger partial charge in [0.05, 0.1) is 20.3 Å². The number of benzene rings is 1. The van der Waals surface area contributed by atoms with Gasteiger partial charge in [-0.05, 0) is 48.8 Å². The summed E-state index contributed by atoms with van der Waals surface area (Å²) in [4.78, 5) is 15.4. The number of aromatic nitrogens is 2. The molecule has 0 unspecified atom stereocenters. The molecule has 10 heteroatoms. The fourth-order valence-electron chi connectivity index (χ4n) is 6.28. The summed E-state index contributed by atoms with van der Waals surface area (Å²) in [5, 5.41) is 7.40. The molecule has 1 aromatic heterocycles. The molecule has 0 radical (unpaired) electrons. The Morgan fingerprint density at radius 1 is 1.08 bits per heavy atom. The molecular formula is C26H33F3N4O3. The van der Waals surface area contributed by atoms with Crippen LogP contribution >= 0.6 is 0 Å². The molecule has 1 saturated carbocycles. The molecule has 2 fully saturated rings. The Morgan fingerprint density at radius 3 is 2.56 bits per heavy atom. The molecule has 5 rings (SSSR count). The van der Waals surface area contributed by atoms with Crippen molar-refractivity contribution in [2.75, 3.05) is 26.1 Å². The van der Waals surface area contributed by atoms with E-state index in [1.54, 1.807) is 18.2 Å². The maximum absolute atomic E-state index is 14.2. The summed E-state index contributed by atoms with van der Waals surface area (Å²) in [6, 6.07) is 4.21. The number of alkyl halides is 3. The van der Waals surface area contributed by atoms with Gasteiger partial charge in [0.15, 0.2) is 23.2 Å². The maximum atomic E-state index is 14.2. The van der Waals surface area contributed by atoms with Crippen LogP contribution in [0.2, 0.25) is 0 Å². The van der Waals surface area contributed by atoms with Crippen molar-refractivity contribution in [3.8, 4) is 11.5 Å². The number of ether oxygens (including phenoxy) is 2. The predicted molar refractivity (Wildman–Crippen MR) is 128 cm³/mol. The first kappa shape index (κ1) is 24.8. The summed E-state index contributed by atoms with van der Waals surface area (Å²) in [5.74, 6) is 1.86. The van der Waals surface area contributed by atoms with E-state index in [2.05, 4.69) is 17.3 Å². The maximum Gasteiger partial charge on any atom is 0.410 e. The van der Waals surface area contributed by atoms with E-state index in [9.17, 15) is 18.0 Å². The molecule has 0 spiro atoms. The lowest BCUT2D eigenvalue weighted by Crippen LogP contribution is -2.52. The molecule has 3 heterocycles. The lowest BCUT2D eigenvalue weighted by atomic mass is 9.72. The Balaban J connectivity index is 1.45. The van der Waals surface area contributed by atoms with Crippen LogP contribution in [0.5, 0.6) is 11.5 Å². The Hall–Kier alpha value is -2.91. The highest BCUT2D eigenvalue weighted by molar-refractivity contribution is 5.93. The zero-order valence-corrected chi connectivity index (χ0v) is 20.8. The van der Waals surface area contributed by atoms with Crippen molar-refractivity contribution < 1.29 is 27.4 Å². The number of methoxy groups -OCH3 is 2. The topological polar surface area (TPSA) is 68.6 Å². The number of rotatable bonds is 4. The average Bonchev–Trinajstić information content (AvgIpc) is 3.31. The van der Waals surface area contributed by atoms with Gasteiger partial charge in [-0.3, -0.25) is 4.79 Å². The molecule has 1 aliphatic carbocycles. The number of carbonyl (C=O) groups is 1. The van der Waals surface area contributed by atoms with E-state index >= 15 is 0 Å².